The van der Waals surface area contributed by atoms with Gasteiger partial charge in [-0.15, -0.1) is 0 Å². The molecule has 0 aliphatic rings. The summed E-state index contributed by atoms with van der Waals surface area (Å²) in [6.45, 7) is 10.5. The molecule has 2 rings (SSSR count). The van der Waals surface area contributed by atoms with Crippen LogP contribution in [0.15, 0.2) is 12.1 Å². The predicted octanol–water partition coefficient (Wildman–Crippen LogP) is 5.15. The van der Waals surface area contributed by atoms with E-state index in [4.69, 9.17) is 12.2 Å². The second-order valence-electron chi connectivity index (χ2n) is 7.10. The number of H-pyrrole nitrogens is 1. The van der Waals surface area contributed by atoms with Crippen LogP contribution >= 0.6 is 12.2 Å². The van der Waals surface area contributed by atoms with Crippen LogP contribution in [-0.4, -0.2) is 9.55 Å². The molecular weight excluding hydrogens is 278 g/mol. The van der Waals surface area contributed by atoms with E-state index in [0.717, 1.165) is 12.5 Å². The molecular formula is C15H20F2N2S. The molecule has 0 spiro atoms. The minimum atomic E-state index is -0.614. The lowest BCUT2D eigenvalue weighted by molar-refractivity contribution is 0.217. The molecule has 0 saturated heterocycles. The lowest BCUT2D eigenvalue weighted by Gasteiger charge is -2.34. The van der Waals surface area contributed by atoms with Crippen molar-refractivity contribution in [2.24, 2.45) is 5.41 Å². The molecule has 1 aromatic carbocycles. The zero-order valence-electron chi connectivity index (χ0n) is 12.5. The number of nitrogens with one attached hydrogen (secondary N) is 1. The van der Waals surface area contributed by atoms with Crippen LogP contribution in [0.4, 0.5) is 8.78 Å². The molecule has 5 heteroatoms. The van der Waals surface area contributed by atoms with Crippen LogP contribution in [0, 0.1) is 21.8 Å². The normalized spacial score (nSPS) is 13.2. The smallest absolute Gasteiger partial charge is 0.178 e. The minimum absolute atomic E-state index is 0.0771. The molecule has 1 N–H and O–H groups in total. The Bertz CT molecular complexity index is 705. The average molecular weight is 298 g/mol. The second kappa shape index (κ2) is 4.65. The highest BCUT2D eigenvalue weighted by atomic mass is 32.1. The third-order valence-electron chi connectivity index (χ3n) is 3.28. The highest BCUT2D eigenvalue weighted by Gasteiger charge is 2.29. The van der Waals surface area contributed by atoms with Crippen LogP contribution in [0.1, 0.15) is 41.0 Å². The number of hydrogen-bond acceptors (Lipinski definition) is 1. The van der Waals surface area contributed by atoms with E-state index in [9.17, 15) is 8.78 Å². The summed E-state index contributed by atoms with van der Waals surface area (Å²) in [5.74, 6) is -1.21. The van der Waals surface area contributed by atoms with Gasteiger partial charge in [0.2, 0.25) is 0 Å². The average Bonchev–Trinajstić information content (AvgIpc) is 2.51. The monoisotopic (exact) mass is 298 g/mol. The van der Waals surface area contributed by atoms with Gasteiger partial charge in [-0.05, 0) is 44.0 Å². The van der Waals surface area contributed by atoms with Gasteiger partial charge < -0.3 is 9.55 Å². The summed E-state index contributed by atoms with van der Waals surface area (Å²) in [5.41, 5.74) is 0.474. The lowest BCUT2D eigenvalue weighted by Crippen LogP contribution is -2.31. The maximum atomic E-state index is 13.8. The van der Waals surface area contributed by atoms with Crippen molar-refractivity contribution in [3.8, 4) is 0 Å². The van der Waals surface area contributed by atoms with Gasteiger partial charge in [-0.2, -0.15) is 0 Å². The molecule has 2 aromatic rings. The number of imidazole rings is 1. The SMILES string of the molecule is CC(C)(C)CC(C)(C)n1c(=S)[nH]c2c(F)cc(F)cc21. The summed E-state index contributed by atoms with van der Waals surface area (Å²) >= 11 is 5.31. The van der Waals surface area contributed by atoms with Crippen LogP contribution in [0.5, 0.6) is 0 Å². The summed E-state index contributed by atoms with van der Waals surface area (Å²) in [5, 5.41) is 0. The molecule has 0 atom stereocenters. The summed E-state index contributed by atoms with van der Waals surface area (Å²) in [6, 6.07) is 2.20. The molecule has 0 fully saturated rings. The highest BCUT2D eigenvalue weighted by molar-refractivity contribution is 7.71. The minimum Gasteiger partial charge on any atom is -0.328 e. The summed E-state index contributed by atoms with van der Waals surface area (Å²) in [6.07, 6.45) is 0.833. The Kier molecular flexibility index (Phi) is 3.53. The quantitative estimate of drug-likeness (QED) is 0.761. The molecule has 0 unspecified atom stereocenters. The van der Waals surface area contributed by atoms with Gasteiger partial charge in [0.1, 0.15) is 11.3 Å². The molecule has 1 heterocycles. The van der Waals surface area contributed by atoms with Gasteiger partial charge >= 0.3 is 0 Å². The van der Waals surface area contributed by atoms with Crippen LogP contribution in [0.2, 0.25) is 0 Å². The van der Waals surface area contributed by atoms with Crippen molar-refractivity contribution >= 4 is 23.3 Å². The fraction of sp³-hybridized carbons (Fsp3) is 0.533. The van der Waals surface area contributed by atoms with E-state index in [2.05, 4.69) is 25.8 Å². The number of rotatable bonds is 2. The van der Waals surface area contributed by atoms with Gasteiger partial charge in [0.25, 0.3) is 0 Å². The summed E-state index contributed by atoms with van der Waals surface area (Å²) in [4.78, 5) is 2.85. The molecule has 110 valence electrons. The van der Waals surface area contributed by atoms with E-state index in [1.165, 1.54) is 6.07 Å². The van der Waals surface area contributed by atoms with Crippen LogP contribution in [0.25, 0.3) is 11.0 Å². The van der Waals surface area contributed by atoms with Crippen LogP contribution in [0.3, 0.4) is 0 Å². The Morgan fingerprint density at radius 1 is 1.15 bits per heavy atom. The Balaban J connectivity index is 2.71. The molecule has 0 saturated carbocycles. The van der Waals surface area contributed by atoms with Gasteiger partial charge in [-0.3, -0.25) is 0 Å². The molecule has 0 radical (unpaired) electrons. The molecule has 0 bridgehead atoms. The van der Waals surface area contributed by atoms with E-state index >= 15 is 0 Å². The number of aromatic amines is 1. The number of hydrogen-bond donors (Lipinski definition) is 1. The fourth-order valence-electron chi connectivity index (χ4n) is 3.11. The largest absolute Gasteiger partial charge is 0.328 e. The van der Waals surface area contributed by atoms with Crippen molar-refractivity contribution in [2.45, 2.75) is 46.6 Å². The molecule has 0 aliphatic carbocycles. The maximum Gasteiger partial charge on any atom is 0.178 e. The topological polar surface area (TPSA) is 20.7 Å². The second-order valence-corrected chi connectivity index (χ2v) is 7.48. The van der Waals surface area contributed by atoms with Gasteiger partial charge in [0.05, 0.1) is 5.52 Å². The third kappa shape index (κ3) is 2.77. The molecule has 20 heavy (non-hydrogen) atoms. The Morgan fingerprint density at radius 3 is 2.30 bits per heavy atom. The van der Waals surface area contributed by atoms with E-state index in [1.54, 1.807) is 0 Å². The van der Waals surface area contributed by atoms with E-state index < -0.39 is 11.6 Å². The first-order chi connectivity index (χ1) is 9.01. The van der Waals surface area contributed by atoms with Crippen molar-refractivity contribution in [3.63, 3.8) is 0 Å². The van der Waals surface area contributed by atoms with Gasteiger partial charge in [-0.1, -0.05) is 20.8 Å². The molecule has 0 amide bonds. The first-order valence-corrected chi connectivity index (χ1v) is 7.02. The first kappa shape index (κ1) is 15.2. The predicted molar refractivity (Wildman–Crippen MR) is 80.4 cm³/mol. The Labute approximate surface area is 122 Å². The highest BCUT2D eigenvalue weighted by Crippen LogP contribution is 2.35. The zero-order valence-corrected chi connectivity index (χ0v) is 13.3. The standard InChI is InChI=1S/C15H20F2N2S/c1-14(2,3)8-15(4,5)19-11-7-9(16)6-10(17)12(11)18-13(19)20/h6-7H,8H2,1-5H3,(H,18,20). The summed E-state index contributed by atoms with van der Waals surface area (Å²) < 4.78 is 29.6. The molecule has 2 nitrogen and oxygen atoms in total. The van der Waals surface area contributed by atoms with Gasteiger partial charge in [0, 0.05) is 11.6 Å². The number of halogens is 2. The third-order valence-corrected chi connectivity index (χ3v) is 3.56. The number of nitrogens with zero attached hydrogens (tertiary/aromatic N) is 1. The molecule has 1 aromatic heterocycles. The van der Waals surface area contributed by atoms with Gasteiger partial charge in [-0.25, -0.2) is 8.78 Å². The van der Waals surface area contributed by atoms with Crippen molar-refractivity contribution in [1.82, 2.24) is 9.55 Å². The van der Waals surface area contributed by atoms with E-state index in [1.807, 2.05) is 18.4 Å². The Morgan fingerprint density at radius 2 is 1.75 bits per heavy atom. The van der Waals surface area contributed by atoms with Gasteiger partial charge in [0.15, 0.2) is 10.6 Å². The zero-order chi connectivity index (χ0) is 15.3. The van der Waals surface area contributed by atoms with E-state index in [-0.39, 0.29) is 16.5 Å². The Hall–Kier alpha value is -1.23. The van der Waals surface area contributed by atoms with Crippen molar-refractivity contribution in [2.75, 3.05) is 0 Å². The summed E-state index contributed by atoms with van der Waals surface area (Å²) in [7, 11) is 0. The number of aromatic nitrogens is 2. The van der Waals surface area contributed by atoms with Crippen molar-refractivity contribution in [1.29, 1.82) is 0 Å². The van der Waals surface area contributed by atoms with Crippen LogP contribution < -0.4 is 0 Å². The molecule has 0 aliphatic heterocycles. The lowest BCUT2D eigenvalue weighted by atomic mass is 9.81. The first-order valence-electron chi connectivity index (χ1n) is 6.61. The number of benzene rings is 1. The fourth-order valence-corrected chi connectivity index (χ4v) is 3.56. The van der Waals surface area contributed by atoms with Crippen LogP contribution in [-0.2, 0) is 5.54 Å². The van der Waals surface area contributed by atoms with Crippen molar-refractivity contribution < 1.29 is 8.78 Å². The van der Waals surface area contributed by atoms with E-state index in [0.29, 0.717) is 10.3 Å². The maximum absolute atomic E-state index is 13.8. The van der Waals surface area contributed by atoms with Crippen molar-refractivity contribution in [3.05, 3.63) is 28.5 Å². The number of fused-ring (bicyclic) bond motifs is 1.